The van der Waals surface area contributed by atoms with Crippen LogP contribution in [0.2, 0.25) is 0 Å². The fraction of sp³-hybridized carbons (Fsp3) is 0.269. The summed E-state index contributed by atoms with van der Waals surface area (Å²) in [6, 6.07) is 11.6. The molecule has 6 nitrogen and oxygen atoms in total. The molecule has 2 aliphatic heterocycles. The van der Waals surface area contributed by atoms with Gasteiger partial charge in [-0.25, -0.2) is 0 Å². The Kier molecular flexibility index (Phi) is 5.83. The normalized spacial score (nSPS) is 16.2. The number of allylic oxidation sites excluding steroid dienone is 1. The van der Waals surface area contributed by atoms with Gasteiger partial charge < -0.3 is 18.9 Å². The predicted molar refractivity (Wildman–Crippen MR) is 128 cm³/mol. The minimum absolute atomic E-state index is 0.133. The molecule has 5 rings (SSSR count). The smallest absolute Gasteiger partial charge is 0.232 e. The molecule has 2 aromatic carbocycles. The maximum Gasteiger partial charge on any atom is 0.232 e. The summed E-state index contributed by atoms with van der Waals surface area (Å²) in [6.07, 6.45) is 2.68. The van der Waals surface area contributed by atoms with Crippen LogP contribution in [-0.4, -0.2) is 38.2 Å². The molecule has 33 heavy (non-hydrogen) atoms. The molecule has 0 saturated carbocycles. The van der Waals surface area contributed by atoms with Crippen LogP contribution in [0.1, 0.15) is 31.9 Å². The van der Waals surface area contributed by atoms with E-state index in [1.165, 1.54) is 4.88 Å². The van der Waals surface area contributed by atoms with Gasteiger partial charge in [-0.15, -0.1) is 11.3 Å². The van der Waals surface area contributed by atoms with Crippen LogP contribution in [-0.2, 0) is 13.0 Å². The Hall–Kier alpha value is -3.29. The fourth-order valence-electron chi connectivity index (χ4n) is 4.24. The molecule has 0 bridgehead atoms. The number of aryl methyl sites for hydroxylation is 1. The van der Waals surface area contributed by atoms with Crippen LogP contribution in [0.3, 0.4) is 0 Å². The molecule has 3 aromatic rings. The molecular formula is C26H25NO5S. The monoisotopic (exact) mass is 463 g/mol. The molecule has 0 amide bonds. The van der Waals surface area contributed by atoms with E-state index in [1.807, 2.05) is 31.2 Å². The maximum atomic E-state index is 13.3. The van der Waals surface area contributed by atoms with E-state index < -0.39 is 0 Å². The van der Waals surface area contributed by atoms with Crippen LogP contribution in [0.5, 0.6) is 23.0 Å². The molecule has 0 radical (unpaired) electrons. The van der Waals surface area contributed by atoms with E-state index in [9.17, 15) is 4.79 Å². The van der Waals surface area contributed by atoms with Crippen LogP contribution in [0.4, 0.5) is 0 Å². The third-order valence-electron chi connectivity index (χ3n) is 5.97. The van der Waals surface area contributed by atoms with Gasteiger partial charge in [-0.3, -0.25) is 9.69 Å². The quantitative estimate of drug-likeness (QED) is 0.475. The Balaban J connectivity index is 1.45. The minimum Gasteiger partial charge on any atom is -0.497 e. The van der Waals surface area contributed by atoms with Crippen molar-refractivity contribution in [2.45, 2.75) is 19.9 Å². The highest BCUT2D eigenvalue weighted by Crippen LogP contribution is 2.44. The zero-order valence-electron chi connectivity index (χ0n) is 18.8. The molecule has 0 atom stereocenters. The molecule has 0 N–H and O–H groups in total. The Bertz CT molecular complexity index is 1230. The zero-order valence-corrected chi connectivity index (χ0v) is 19.7. The first-order valence-corrected chi connectivity index (χ1v) is 11.7. The highest BCUT2D eigenvalue weighted by atomic mass is 32.1. The number of rotatable bonds is 6. The lowest BCUT2D eigenvalue weighted by molar-refractivity contribution is 0.0951. The van der Waals surface area contributed by atoms with E-state index >= 15 is 0 Å². The van der Waals surface area contributed by atoms with Gasteiger partial charge in [0.15, 0.2) is 5.76 Å². The Morgan fingerprint density at radius 2 is 2.06 bits per heavy atom. The number of methoxy groups -OCH3 is 2. The van der Waals surface area contributed by atoms with E-state index in [0.29, 0.717) is 41.7 Å². The topological polar surface area (TPSA) is 57.2 Å². The molecule has 2 aliphatic rings. The number of thiophene rings is 1. The molecule has 1 aromatic heterocycles. The zero-order chi connectivity index (χ0) is 22.9. The van der Waals surface area contributed by atoms with Gasteiger partial charge in [-0.1, -0.05) is 6.07 Å². The Morgan fingerprint density at radius 3 is 2.82 bits per heavy atom. The van der Waals surface area contributed by atoms with Crippen LogP contribution in [0, 0.1) is 6.92 Å². The Morgan fingerprint density at radius 1 is 1.18 bits per heavy atom. The average molecular weight is 464 g/mol. The number of carbonyl (C=O) groups excluding carboxylic acids is 1. The summed E-state index contributed by atoms with van der Waals surface area (Å²) in [5.41, 5.74) is 3.09. The number of ether oxygens (including phenoxy) is 4. The molecule has 0 aliphatic carbocycles. The number of carbonyl (C=O) groups is 1. The number of hydrogen-bond acceptors (Lipinski definition) is 7. The van der Waals surface area contributed by atoms with Gasteiger partial charge in [0.05, 0.1) is 25.3 Å². The van der Waals surface area contributed by atoms with E-state index in [4.69, 9.17) is 18.9 Å². The number of Topliss-reactive ketones (excluding diaryl/α,β-unsaturated/α-hetero) is 1. The average Bonchev–Trinajstić information content (AvgIpc) is 3.46. The molecule has 0 fully saturated rings. The van der Waals surface area contributed by atoms with Gasteiger partial charge in [0.1, 0.15) is 29.7 Å². The van der Waals surface area contributed by atoms with Gasteiger partial charge in [0, 0.05) is 23.5 Å². The van der Waals surface area contributed by atoms with Gasteiger partial charge in [0.2, 0.25) is 5.78 Å². The van der Waals surface area contributed by atoms with E-state index in [-0.39, 0.29) is 11.5 Å². The summed E-state index contributed by atoms with van der Waals surface area (Å²) < 4.78 is 23.0. The number of nitrogens with zero attached hydrogens (tertiary/aromatic N) is 1. The van der Waals surface area contributed by atoms with Crippen molar-refractivity contribution in [3.05, 3.63) is 74.7 Å². The van der Waals surface area contributed by atoms with Crippen molar-refractivity contribution in [1.29, 1.82) is 0 Å². The van der Waals surface area contributed by atoms with Crippen LogP contribution >= 0.6 is 11.3 Å². The molecule has 3 heterocycles. The summed E-state index contributed by atoms with van der Waals surface area (Å²) in [5.74, 6) is 2.83. The number of ketones is 1. The first-order chi connectivity index (χ1) is 16.1. The van der Waals surface area contributed by atoms with Crippen molar-refractivity contribution in [3.8, 4) is 23.0 Å². The van der Waals surface area contributed by atoms with Crippen LogP contribution < -0.4 is 18.9 Å². The second-order valence-electron chi connectivity index (χ2n) is 8.08. The summed E-state index contributed by atoms with van der Waals surface area (Å²) in [6.45, 7) is 3.99. The first kappa shape index (κ1) is 21.6. The molecule has 0 saturated heterocycles. The largest absolute Gasteiger partial charge is 0.497 e. The second kappa shape index (κ2) is 8.92. The van der Waals surface area contributed by atoms with E-state index in [1.54, 1.807) is 31.6 Å². The van der Waals surface area contributed by atoms with Gasteiger partial charge in [-0.05, 0) is 60.7 Å². The van der Waals surface area contributed by atoms with Crippen molar-refractivity contribution >= 4 is 23.2 Å². The standard InChI is InChI=1S/C26H25NO5S/c1-16-11-22-20(14-27(15-31-22)9-8-19-5-4-10-33-19)26-24(16)25(28)23(32-26)13-17-12-18(29-2)6-7-21(17)30-3/h4-7,10-13H,8-9,14-15H2,1-3H3/b23-13-. The summed E-state index contributed by atoms with van der Waals surface area (Å²) in [7, 11) is 3.20. The highest BCUT2D eigenvalue weighted by molar-refractivity contribution is 7.09. The van der Waals surface area contributed by atoms with E-state index in [2.05, 4.69) is 22.4 Å². The lowest BCUT2D eigenvalue weighted by atomic mass is 9.98. The molecule has 170 valence electrons. The SMILES string of the molecule is COc1ccc(OC)c(/C=C2\Oc3c4c(cc(C)c3C2=O)OCN(CCc2cccs2)C4)c1. The summed E-state index contributed by atoms with van der Waals surface area (Å²) in [5, 5.41) is 2.09. The minimum atomic E-state index is -0.133. The van der Waals surface area contributed by atoms with Gasteiger partial charge in [0.25, 0.3) is 0 Å². The van der Waals surface area contributed by atoms with Crippen LogP contribution in [0.15, 0.2) is 47.5 Å². The number of benzene rings is 2. The van der Waals surface area contributed by atoms with Crippen molar-refractivity contribution in [1.82, 2.24) is 4.90 Å². The number of fused-ring (bicyclic) bond motifs is 3. The van der Waals surface area contributed by atoms with Gasteiger partial charge >= 0.3 is 0 Å². The number of hydrogen-bond donors (Lipinski definition) is 0. The van der Waals surface area contributed by atoms with Crippen molar-refractivity contribution in [2.24, 2.45) is 0 Å². The maximum absolute atomic E-state index is 13.3. The Labute approximate surface area is 197 Å². The fourth-order valence-corrected chi connectivity index (χ4v) is 4.93. The van der Waals surface area contributed by atoms with Gasteiger partial charge in [-0.2, -0.15) is 0 Å². The van der Waals surface area contributed by atoms with E-state index in [0.717, 1.165) is 29.8 Å². The van der Waals surface area contributed by atoms with Crippen molar-refractivity contribution in [3.63, 3.8) is 0 Å². The molecule has 7 heteroatoms. The molecular weight excluding hydrogens is 438 g/mol. The lowest BCUT2D eigenvalue weighted by Crippen LogP contribution is -2.33. The van der Waals surface area contributed by atoms with Crippen molar-refractivity contribution in [2.75, 3.05) is 27.5 Å². The second-order valence-corrected chi connectivity index (χ2v) is 9.11. The highest BCUT2D eigenvalue weighted by Gasteiger charge is 2.35. The third kappa shape index (κ3) is 4.10. The van der Waals surface area contributed by atoms with Crippen LogP contribution in [0.25, 0.3) is 6.08 Å². The molecule has 0 spiro atoms. The predicted octanol–water partition coefficient (Wildman–Crippen LogP) is 5.08. The molecule has 0 unspecified atom stereocenters. The van der Waals surface area contributed by atoms with Crippen molar-refractivity contribution < 1.29 is 23.7 Å². The first-order valence-electron chi connectivity index (χ1n) is 10.8. The lowest BCUT2D eigenvalue weighted by Gasteiger charge is -2.30. The third-order valence-corrected chi connectivity index (χ3v) is 6.90. The summed E-state index contributed by atoms with van der Waals surface area (Å²) in [4.78, 5) is 16.9. The summed E-state index contributed by atoms with van der Waals surface area (Å²) >= 11 is 1.76.